The van der Waals surface area contributed by atoms with Gasteiger partial charge in [-0.25, -0.2) is 4.98 Å². The molecule has 21 heavy (non-hydrogen) atoms. The van der Waals surface area contributed by atoms with E-state index in [4.69, 9.17) is 4.74 Å². The number of aliphatic hydroxyl groups excluding tert-OH is 1. The number of methoxy groups -OCH3 is 1. The van der Waals surface area contributed by atoms with Crippen LogP contribution in [0.2, 0.25) is 0 Å². The predicted octanol–water partition coefficient (Wildman–Crippen LogP) is 1.83. The first-order valence-corrected chi connectivity index (χ1v) is 6.68. The van der Waals surface area contributed by atoms with Crippen LogP contribution in [0.1, 0.15) is 23.7 Å². The Labute approximate surface area is 123 Å². The number of benzene rings is 1. The average molecular weight is 286 g/mol. The fourth-order valence-corrected chi connectivity index (χ4v) is 1.98. The second-order valence-corrected chi connectivity index (χ2v) is 4.58. The summed E-state index contributed by atoms with van der Waals surface area (Å²) < 4.78 is 5.12. The number of hydrogen-bond donors (Lipinski definition) is 2. The largest absolute Gasteiger partial charge is 0.481 e. The zero-order valence-electron chi connectivity index (χ0n) is 11.8. The van der Waals surface area contributed by atoms with Gasteiger partial charge in [-0.1, -0.05) is 36.4 Å². The molecule has 1 heterocycles. The highest BCUT2D eigenvalue weighted by atomic mass is 16.5. The quantitative estimate of drug-likeness (QED) is 0.850. The van der Waals surface area contributed by atoms with E-state index in [0.29, 0.717) is 12.4 Å². The molecule has 0 bridgehead atoms. The number of carbonyl (C=O) groups is 1. The number of aromatic nitrogens is 1. The van der Waals surface area contributed by atoms with Crippen LogP contribution in [-0.2, 0) is 11.3 Å². The first-order chi connectivity index (χ1) is 10.2. The van der Waals surface area contributed by atoms with Gasteiger partial charge in [-0.3, -0.25) is 4.79 Å². The number of carbonyl (C=O) groups excluding carboxylic acids is 1. The van der Waals surface area contributed by atoms with Gasteiger partial charge < -0.3 is 15.2 Å². The normalized spacial score (nSPS) is 11.7. The molecule has 1 amide bonds. The molecule has 110 valence electrons. The van der Waals surface area contributed by atoms with Gasteiger partial charge >= 0.3 is 0 Å². The molecule has 0 radical (unpaired) electrons. The summed E-state index contributed by atoms with van der Waals surface area (Å²) in [6, 6.07) is 12.7. The summed E-state index contributed by atoms with van der Waals surface area (Å²) in [7, 11) is 1.53. The Kier molecular flexibility index (Phi) is 5.29. The van der Waals surface area contributed by atoms with Crippen molar-refractivity contribution in [2.45, 2.75) is 19.1 Å². The fourth-order valence-electron chi connectivity index (χ4n) is 1.98. The maximum absolute atomic E-state index is 11.9. The topological polar surface area (TPSA) is 71.5 Å². The Morgan fingerprint density at radius 1 is 1.29 bits per heavy atom. The predicted molar refractivity (Wildman–Crippen MR) is 78.7 cm³/mol. The van der Waals surface area contributed by atoms with E-state index in [-0.39, 0.29) is 12.3 Å². The maximum Gasteiger partial charge on any atom is 0.223 e. The molecular weight excluding hydrogens is 268 g/mol. The molecule has 0 aliphatic rings. The van der Waals surface area contributed by atoms with Crippen molar-refractivity contribution in [3.05, 3.63) is 59.8 Å². The van der Waals surface area contributed by atoms with Crippen LogP contribution in [0.15, 0.2) is 48.7 Å². The minimum Gasteiger partial charge on any atom is -0.481 e. The average Bonchev–Trinajstić information content (AvgIpc) is 2.54. The van der Waals surface area contributed by atoms with E-state index >= 15 is 0 Å². The SMILES string of the molecule is COc1ncccc1CNC(=O)CC(O)c1ccccc1. The molecule has 1 aromatic heterocycles. The number of rotatable bonds is 6. The molecule has 0 saturated heterocycles. The third kappa shape index (κ3) is 4.29. The lowest BCUT2D eigenvalue weighted by Gasteiger charge is -2.12. The van der Waals surface area contributed by atoms with Gasteiger partial charge in [0, 0.05) is 18.3 Å². The van der Waals surface area contributed by atoms with Crippen LogP contribution in [0, 0.1) is 0 Å². The van der Waals surface area contributed by atoms with Gasteiger partial charge in [0.1, 0.15) is 0 Å². The highest BCUT2D eigenvalue weighted by Crippen LogP contribution is 2.16. The van der Waals surface area contributed by atoms with Crippen molar-refractivity contribution in [3.8, 4) is 5.88 Å². The molecule has 5 heteroatoms. The first-order valence-electron chi connectivity index (χ1n) is 6.68. The second kappa shape index (κ2) is 7.40. The third-order valence-electron chi connectivity index (χ3n) is 3.08. The third-order valence-corrected chi connectivity index (χ3v) is 3.08. The maximum atomic E-state index is 11.9. The lowest BCUT2D eigenvalue weighted by Crippen LogP contribution is -2.24. The van der Waals surface area contributed by atoms with E-state index in [9.17, 15) is 9.90 Å². The molecular formula is C16H18N2O3. The van der Waals surface area contributed by atoms with Crippen LogP contribution in [0.5, 0.6) is 5.88 Å². The molecule has 1 atom stereocenters. The number of aliphatic hydroxyl groups is 1. The van der Waals surface area contributed by atoms with Gasteiger partial charge in [0.25, 0.3) is 0 Å². The van der Waals surface area contributed by atoms with Crippen molar-refractivity contribution < 1.29 is 14.6 Å². The molecule has 2 aromatic rings. The first kappa shape index (κ1) is 15.0. The summed E-state index contributed by atoms with van der Waals surface area (Å²) in [6.07, 6.45) is 0.845. The summed E-state index contributed by atoms with van der Waals surface area (Å²) in [5, 5.41) is 12.7. The number of hydrogen-bond acceptors (Lipinski definition) is 4. The van der Waals surface area contributed by atoms with Crippen molar-refractivity contribution in [1.29, 1.82) is 0 Å². The van der Waals surface area contributed by atoms with E-state index in [2.05, 4.69) is 10.3 Å². The summed E-state index contributed by atoms with van der Waals surface area (Å²) in [5.41, 5.74) is 1.52. The van der Waals surface area contributed by atoms with E-state index in [1.165, 1.54) is 7.11 Å². The lowest BCUT2D eigenvalue weighted by molar-refractivity contribution is -0.123. The Morgan fingerprint density at radius 2 is 2.05 bits per heavy atom. The minimum atomic E-state index is -0.804. The highest BCUT2D eigenvalue weighted by molar-refractivity contribution is 5.76. The van der Waals surface area contributed by atoms with Crippen molar-refractivity contribution in [2.75, 3.05) is 7.11 Å². The Hall–Kier alpha value is -2.40. The second-order valence-electron chi connectivity index (χ2n) is 4.58. The molecule has 2 N–H and O–H groups in total. The molecule has 1 unspecified atom stereocenters. The zero-order valence-corrected chi connectivity index (χ0v) is 11.8. The Bertz CT molecular complexity index is 587. The Morgan fingerprint density at radius 3 is 2.76 bits per heavy atom. The van der Waals surface area contributed by atoms with Crippen LogP contribution in [0.4, 0.5) is 0 Å². The number of amides is 1. The van der Waals surface area contributed by atoms with Gasteiger partial charge in [-0.2, -0.15) is 0 Å². The zero-order chi connectivity index (χ0) is 15.1. The molecule has 2 rings (SSSR count). The van der Waals surface area contributed by atoms with E-state index in [1.807, 2.05) is 24.3 Å². The summed E-state index contributed by atoms with van der Waals surface area (Å²) >= 11 is 0. The van der Waals surface area contributed by atoms with Gasteiger partial charge in [-0.05, 0) is 11.6 Å². The minimum absolute atomic E-state index is 0.0204. The van der Waals surface area contributed by atoms with Gasteiger partial charge in [0.05, 0.1) is 19.6 Å². The molecule has 0 fully saturated rings. The van der Waals surface area contributed by atoms with Crippen molar-refractivity contribution in [2.24, 2.45) is 0 Å². The Balaban J connectivity index is 1.88. The number of nitrogens with zero attached hydrogens (tertiary/aromatic N) is 1. The summed E-state index contributed by atoms with van der Waals surface area (Å²) in [5.74, 6) is 0.263. The van der Waals surface area contributed by atoms with Gasteiger partial charge in [0.15, 0.2) is 0 Å². The molecule has 0 spiro atoms. The molecule has 0 aliphatic heterocycles. The van der Waals surface area contributed by atoms with Crippen molar-refractivity contribution in [1.82, 2.24) is 10.3 Å². The van der Waals surface area contributed by atoms with Crippen LogP contribution in [0.3, 0.4) is 0 Å². The molecule has 0 aliphatic carbocycles. The van der Waals surface area contributed by atoms with Crippen LogP contribution in [0.25, 0.3) is 0 Å². The van der Waals surface area contributed by atoms with Crippen LogP contribution < -0.4 is 10.1 Å². The molecule has 0 saturated carbocycles. The van der Waals surface area contributed by atoms with Gasteiger partial charge in [-0.15, -0.1) is 0 Å². The van der Waals surface area contributed by atoms with E-state index in [0.717, 1.165) is 11.1 Å². The number of ether oxygens (including phenoxy) is 1. The van der Waals surface area contributed by atoms with Crippen molar-refractivity contribution >= 4 is 5.91 Å². The monoisotopic (exact) mass is 286 g/mol. The standard InChI is InChI=1S/C16H18N2O3/c1-21-16-13(8-5-9-17-16)11-18-15(20)10-14(19)12-6-3-2-4-7-12/h2-9,14,19H,10-11H2,1H3,(H,18,20). The molecule has 1 aromatic carbocycles. The fraction of sp³-hybridized carbons (Fsp3) is 0.250. The number of pyridine rings is 1. The lowest BCUT2D eigenvalue weighted by atomic mass is 10.1. The summed E-state index contributed by atoms with van der Waals surface area (Å²) in [6.45, 7) is 0.317. The number of nitrogens with one attached hydrogen (secondary N) is 1. The van der Waals surface area contributed by atoms with E-state index < -0.39 is 6.10 Å². The smallest absolute Gasteiger partial charge is 0.223 e. The highest BCUT2D eigenvalue weighted by Gasteiger charge is 2.13. The molecule has 5 nitrogen and oxygen atoms in total. The van der Waals surface area contributed by atoms with E-state index in [1.54, 1.807) is 24.4 Å². The van der Waals surface area contributed by atoms with Crippen LogP contribution in [-0.4, -0.2) is 23.1 Å². The van der Waals surface area contributed by atoms with Gasteiger partial charge in [0.2, 0.25) is 11.8 Å². The van der Waals surface area contributed by atoms with Crippen molar-refractivity contribution in [3.63, 3.8) is 0 Å². The van der Waals surface area contributed by atoms with Crippen LogP contribution >= 0.6 is 0 Å². The summed E-state index contributed by atoms with van der Waals surface area (Å²) in [4.78, 5) is 15.9.